The Kier molecular flexibility index (Phi) is 7.36. The van der Waals surface area contributed by atoms with Gasteiger partial charge in [-0.2, -0.15) is 0 Å². The molecule has 0 aromatic heterocycles. The number of amides is 2. The van der Waals surface area contributed by atoms with E-state index in [4.69, 9.17) is 10.5 Å². The van der Waals surface area contributed by atoms with Crippen LogP contribution in [0.2, 0.25) is 0 Å². The number of carbonyl (C=O) groups excluding carboxylic acids is 2. The van der Waals surface area contributed by atoms with Crippen molar-refractivity contribution in [2.75, 3.05) is 26.2 Å². The van der Waals surface area contributed by atoms with Gasteiger partial charge in [0.15, 0.2) is 0 Å². The van der Waals surface area contributed by atoms with Gasteiger partial charge in [-0.25, -0.2) is 0 Å². The molecule has 0 bridgehead atoms. The van der Waals surface area contributed by atoms with Crippen LogP contribution in [0.4, 0.5) is 0 Å². The molecule has 1 heterocycles. The molecule has 1 saturated heterocycles. The number of rotatable bonds is 7. The van der Waals surface area contributed by atoms with Crippen LogP contribution in [0.25, 0.3) is 0 Å². The first-order valence-electron chi connectivity index (χ1n) is 8.65. The molecule has 138 valence electrons. The fourth-order valence-corrected chi connectivity index (χ4v) is 2.95. The van der Waals surface area contributed by atoms with Gasteiger partial charge in [0.05, 0.1) is 25.3 Å². The highest BCUT2D eigenvalue weighted by Crippen LogP contribution is 2.14. The van der Waals surface area contributed by atoms with Crippen LogP contribution in [-0.2, 0) is 27.4 Å². The summed E-state index contributed by atoms with van der Waals surface area (Å²) in [6.45, 7) is 7.25. The van der Waals surface area contributed by atoms with Gasteiger partial charge in [0, 0.05) is 26.2 Å². The third-order valence-electron chi connectivity index (χ3n) is 4.05. The van der Waals surface area contributed by atoms with E-state index in [1.807, 2.05) is 12.1 Å². The molecular formula is C18H28N4O3. The Morgan fingerprint density at radius 1 is 1.08 bits per heavy atom. The van der Waals surface area contributed by atoms with Gasteiger partial charge < -0.3 is 21.1 Å². The van der Waals surface area contributed by atoms with E-state index in [1.54, 1.807) is 0 Å². The van der Waals surface area contributed by atoms with Crippen LogP contribution in [0, 0.1) is 0 Å². The van der Waals surface area contributed by atoms with Crippen LogP contribution in [0.3, 0.4) is 0 Å². The Hall–Kier alpha value is -1.96. The Morgan fingerprint density at radius 3 is 2.28 bits per heavy atom. The molecule has 1 aliphatic heterocycles. The molecular weight excluding hydrogens is 320 g/mol. The quantitative estimate of drug-likeness (QED) is 0.644. The SMILES string of the molecule is CC1CN(Cc2ccc(CNC(=O)CNC(=O)CN)cc2)CC(C)O1. The fourth-order valence-electron chi connectivity index (χ4n) is 2.95. The first-order chi connectivity index (χ1) is 12.0. The van der Waals surface area contributed by atoms with E-state index in [2.05, 4.69) is 41.5 Å². The lowest BCUT2D eigenvalue weighted by atomic mass is 10.1. The minimum absolute atomic E-state index is 0.0541. The van der Waals surface area contributed by atoms with Crippen molar-refractivity contribution in [3.8, 4) is 0 Å². The Labute approximate surface area is 148 Å². The standard InChI is InChI=1S/C18H28N4O3/c1-13-10-22(11-14(2)25-13)12-16-5-3-15(4-6-16)8-20-18(24)9-21-17(23)7-19/h3-6,13-14H,7-12,19H2,1-2H3,(H,20,24)(H,21,23). The van der Waals surface area contributed by atoms with Crippen LogP contribution in [0.5, 0.6) is 0 Å². The van der Waals surface area contributed by atoms with Crippen molar-refractivity contribution in [3.63, 3.8) is 0 Å². The molecule has 1 aromatic carbocycles. The summed E-state index contributed by atoms with van der Waals surface area (Å²) in [4.78, 5) is 25.0. The molecule has 2 unspecified atom stereocenters. The first-order valence-corrected chi connectivity index (χ1v) is 8.65. The van der Waals surface area contributed by atoms with Gasteiger partial charge in [0.25, 0.3) is 0 Å². The lowest BCUT2D eigenvalue weighted by Crippen LogP contribution is -2.44. The average molecular weight is 348 g/mol. The molecule has 1 aromatic rings. The first kappa shape index (κ1) is 19.4. The zero-order chi connectivity index (χ0) is 18.2. The smallest absolute Gasteiger partial charge is 0.239 e. The molecule has 2 amide bonds. The largest absolute Gasteiger partial charge is 0.373 e. The zero-order valence-electron chi connectivity index (χ0n) is 15.0. The van der Waals surface area contributed by atoms with Gasteiger partial charge in [-0.05, 0) is 25.0 Å². The van der Waals surface area contributed by atoms with Gasteiger partial charge in [-0.1, -0.05) is 24.3 Å². The van der Waals surface area contributed by atoms with Crippen molar-refractivity contribution < 1.29 is 14.3 Å². The van der Waals surface area contributed by atoms with Crippen molar-refractivity contribution in [1.82, 2.24) is 15.5 Å². The summed E-state index contributed by atoms with van der Waals surface area (Å²) < 4.78 is 5.75. The van der Waals surface area contributed by atoms with Gasteiger partial charge >= 0.3 is 0 Å². The molecule has 0 radical (unpaired) electrons. The second kappa shape index (κ2) is 9.50. The third-order valence-corrected chi connectivity index (χ3v) is 4.05. The van der Waals surface area contributed by atoms with Crippen molar-refractivity contribution in [1.29, 1.82) is 0 Å². The van der Waals surface area contributed by atoms with E-state index in [-0.39, 0.29) is 37.1 Å². The van der Waals surface area contributed by atoms with Crippen LogP contribution in [0.15, 0.2) is 24.3 Å². The highest BCUT2D eigenvalue weighted by molar-refractivity contribution is 5.85. The molecule has 1 aliphatic rings. The monoisotopic (exact) mass is 348 g/mol. The molecule has 0 aliphatic carbocycles. The second-order valence-corrected chi connectivity index (χ2v) is 6.53. The Morgan fingerprint density at radius 2 is 1.68 bits per heavy atom. The van der Waals surface area contributed by atoms with Crippen LogP contribution >= 0.6 is 0 Å². The number of ether oxygens (including phenoxy) is 1. The number of hydrogen-bond donors (Lipinski definition) is 3. The van der Waals surface area contributed by atoms with Gasteiger partial charge in [0.2, 0.25) is 11.8 Å². The molecule has 25 heavy (non-hydrogen) atoms. The summed E-state index contributed by atoms with van der Waals surface area (Å²) in [5.74, 6) is -0.576. The van der Waals surface area contributed by atoms with Crippen molar-refractivity contribution in [2.24, 2.45) is 5.73 Å². The number of carbonyl (C=O) groups is 2. The van der Waals surface area contributed by atoms with E-state index in [1.165, 1.54) is 5.56 Å². The topological polar surface area (TPSA) is 96.7 Å². The number of hydrogen-bond acceptors (Lipinski definition) is 5. The van der Waals surface area contributed by atoms with Crippen LogP contribution < -0.4 is 16.4 Å². The normalized spacial score (nSPS) is 20.9. The van der Waals surface area contributed by atoms with Gasteiger partial charge in [0.1, 0.15) is 0 Å². The summed E-state index contributed by atoms with van der Waals surface area (Å²) in [5, 5.41) is 5.21. The number of morpholine rings is 1. The van der Waals surface area contributed by atoms with E-state index in [0.717, 1.165) is 25.2 Å². The Bertz CT molecular complexity index is 566. The number of nitrogens with one attached hydrogen (secondary N) is 2. The summed E-state index contributed by atoms with van der Waals surface area (Å²) in [7, 11) is 0. The fraction of sp³-hybridized carbons (Fsp3) is 0.556. The van der Waals surface area contributed by atoms with Gasteiger partial charge in [-0.15, -0.1) is 0 Å². The Balaban J connectivity index is 1.76. The number of nitrogens with two attached hydrogens (primary N) is 1. The molecule has 1 fully saturated rings. The minimum Gasteiger partial charge on any atom is -0.373 e. The van der Waals surface area contributed by atoms with Crippen molar-refractivity contribution in [3.05, 3.63) is 35.4 Å². The summed E-state index contributed by atoms with van der Waals surface area (Å²) in [6, 6.07) is 8.20. The van der Waals surface area contributed by atoms with E-state index < -0.39 is 0 Å². The summed E-state index contributed by atoms with van der Waals surface area (Å²) in [5.41, 5.74) is 7.43. The van der Waals surface area contributed by atoms with Crippen LogP contribution in [-0.4, -0.2) is 55.1 Å². The molecule has 0 saturated carbocycles. The summed E-state index contributed by atoms with van der Waals surface area (Å²) >= 11 is 0. The predicted molar refractivity (Wildman–Crippen MR) is 95.6 cm³/mol. The average Bonchev–Trinajstić information content (AvgIpc) is 2.58. The second-order valence-electron chi connectivity index (χ2n) is 6.53. The molecule has 7 nitrogen and oxygen atoms in total. The molecule has 4 N–H and O–H groups in total. The maximum absolute atomic E-state index is 11.6. The highest BCUT2D eigenvalue weighted by Gasteiger charge is 2.21. The predicted octanol–water partition coefficient (Wildman–Crippen LogP) is -0.0131. The number of nitrogens with zero attached hydrogens (tertiary/aromatic N) is 1. The minimum atomic E-state index is -0.341. The lowest BCUT2D eigenvalue weighted by Gasteiger charge is -2.35. The van der Waals surface area contributed by atoms with E-state index in [9.17, 15) is 9.59 Å². The summed E-state index contributed by atoms with van der Waals surface area (Å²) in [6.07, 6.45) is 0.524. The maximum atomic E-state index is 11.6. The van der Waals surface area contributed by atoms with Crippen molar-refractivity contribution >= 4 is 11.8 Å². The van der Waals surface area contributed by atoms with E-state index >= 15 is 0 Å². The molecule has 2 atom stereocenters. The highest BCUT2D eigenvalue weighted by atomic mass is 16.5. The number of benzene rings is 1. The lowest BCUT2D eigenvalue weighted by molar-refractivity contribution is -0.125. The zero-order valence-corrected chi connectivity index (χ0v) is 15.0. The molecule has 0 spiro atoms. The van der Waals surface area contributed by atoms with Crippen molar-refractivity contribution in [2.45, 2.75) is 39.1 Å². The third kappa shape index (κ3) is 6.81. The maximum Gasteiger partial charge on any atom is 0.239 e. The van der Waals surface area contributed by atoms with Gasteiger partial charge in [-0.3, -0.25) is 14.5 Å². The molecule has 2 rings (SSSR count). The molecule has 7 heteroatoms. The van der Waals surface area contributed by atoms with E-state index in [0.29, 0.717) is 6.54 Å². The van der Waals surface area contributed by atoms with Crippen LogP contribution in [0.1, 0.15) is 25.0 Å².